The number of hydrogen-bond donors (Lipinski definition) is 2. The van der Waals surface area contributed by atoms with Gasteiger partial charge < -0.3 is 19.3 Å². The summed E-state index contributed by atoms with van der Waals surface area (Å²) in [6.45, 7) is 4.74. The molecule has 3 aromatic heterocycles. The Balaban J connectivity index is 1.83. The summed E-state index contributed by atoms with van der Waals surface area (Å²) in [6, 6.07) is 7.02. The molecule has 3 heterocycles. The van der Waals surface area contributed by atoms with E-state index in [-0.39, 0.29) is 25.0 Å². The summed E-state index contributed by atoms with van der Waals surface area (Å²) >= 11 is 0. The molecule has 40 heavy (non-hydrogen) atoms. The standard InChI is InChI=1S/C26H31N7O6S/c1-16-11-19(15-27-12-16)25-30-31-26(33(25)22-20(37-4)7-6-8-21(22)38-5)32-40(35,36)18(3)23(39-10-9-34)24-28-13-17(2)14-29-24/h6-8,11-15,18,23,34H,9-10H2,1-5H3,(H,31,32)/t18-,23+/m1/s1. The topological polar surface area (TPSA) is 163 Å². The average Bonchev–Trinajstić information content (AvgIpc) is 3.35. The number of rotatable bonds is 12. The van der Waals surface area contributed by atoms with Gasteiger partial charge in [0.05, 0.1) is 27.4 Å². The molecule has 0 radical (unpaired) electrons. The van der Waals surface area contributed by atoms with Gasteiger partial charge in [0, 0.05) is 30.4 Å². The third-order valence-electron chi connectivity index (χ3n) is 6.02. The Kier molecular flexibility index (Phi) is 8.92. The number of aliphatic hydroxyl groups excluding tert-OH is 1. The lowest BCUT2D eigenvalue weighted by Gasteiger charge is -2.24. The fourth-order valence-corrected chi connectivity index (χ4v) is 5.11. The van der Waals surface area contributed by atoms with Gasteiger partial charge in [0.2, 0.25) is 16.0 Å². The van der Waals surface area contributed by atoms with Crippen LogP contribution in [0.2, 0.25) is 0 Å². The highest BCUT2D eigenvalue weighted by molar-refractivity contribution is 7.93. The number of pyridine rings is 1. The Hall–Kier alpha value is -4.14. The van der Waals surface area contributed by atoms with Crippen molar-refractivity contribution >= 4 is 16.0 Å². The van der Waals surface area contributed by atoms with E-state index in [4.69, 9.17) is 14.2 Å². The van der Waals surface area contributed by atoms with E-state index >= 15 is 0 Å². The molecule has 0 amide bonds. The van der Waals surface area contributed by atoms with Gasteiger partial charge in [0.25, 0.3) is 0 Å². The first-order valence-electron chi connectivity index (χ1n) is 12.3. The van der Waals surface area contributed by atoms with Crippen LogP contribution in [0.5, 0.6) is 11.5 Å². The first-order valence-corrected chi connectivity index (χ1v) is 13.9. The van der Waals surface area contributed by atoms with E-state index in [2.05, 4.69) is 29.9 Å². The Bertz CT molecular complexity index is 1540. The van der Waals surface area contributed by atoms with Crippen molar-refractivity contribution in [2.45, 2.75) is 32.1 Å². The highest BCUT2D eigenvalue weighted by Gasteiger charge is 2.35. The third kappa shape index (κ3) is 6.03. The molecular formula is C26H31N7O6S. The molecular weight excluding hydrogens is 538 g/mol. The smallest absolute Gasteiger partial charge is 0.243 e. The van der Waals surface area contributed by atoms with Crippen LogP contribution in [0.3, 0.4) is 0 Å². The number of methoxy groups -OCH3 is 2. The number of para-hydroxylation sites is 1. The van der Waals surface area contributed by atoms with Crippen molar-refractivity contribution in [2.75, 3.05) is 32.2 Å². The normalized spacial score (nSPS) is 13.1. The van der Waals surface area contributed by atoms with Crippen LogP contribution in [0.15, 0.2) is 49.1 Å². The maximum atomic E-state index is 13.8. The fraction of sp³-hybridized carbons (Fsp3) is 0.346. The molecule has 1 aromatic carbocycles. The Morgan fingerprint density at radius 2 is 1.68 bits per heavy atom. The summed E-state index contributed by atoms with van der Waals surface area (Å²) in [4.78, 5) is 12.8. The highest BCUT2D eigenvalue weighted by atomic mass is 32.2. The number of aliphatic hydroxyl groups is 1. The van der Waals surface area contributed by atoms with Gasteiger partial charge >= 0.3 is 0 Å². The zero-order chi connectivity index (χ0) is 28.9. The van der Waals surface area contributed by atoms with Crippen molar-refractivity contribution in [1.29, 1.82) is 0 Å². The summed E-state index contributed by atoms with van der Waals surface area (Å²) in [5.41, 5.74) is 2.65. The fourth-order valence-electron chi connectivity index (χ4n) is 4.01. The molecule has 2 atom stereocenters. The van der Waals surface area contributed by atoms with Crippen LogP contribution in [0, 0.1) is 13.8 Å². The van der Waals surface area contributed by atoms with E-state index in [1.54, 1.807) is 43.0 Å². The van der Waals surface area contributed by atoms with E-state index in [0.717, 1.165) is 11.1 Å². The number of ether oxygens (including phenoxy) is 3. The van der Waals surface area contributed by atoms with Crippen molar-refractivity contribution in [1.82, 2.24) is 29.7 Å². The Morgan fingerprint density at radius 1 is 1.00 bits per heavy atom. The third-order valence-corrected chi connectivity index (χ3v) is 7.71. The maximum absolute atomic E-state index is 13.8. The molecule has 13 nitrogen and oxygen atoms in total. The van der Waals surface area contributed by atoms with Crippen LogP contribution >= 0.6 is 0 Å². The molecule has 0 saturated heterocycles. The van der Waals surface area contributed by atoms with Gasteiger partial charge in [-0.15, -0.1) is 10.2 Å². The molecule has 0 spiro atoms. The first-order chi connectivity index (χ1) is 19.2. The SMILES string of the molecule is COc1cccc(OC)c1-n1c(NS(=O)(=O)[C@H](C)[C@H](OCCO)c2ncc(C)cn2)nnc1-c1cncc(C)c1. The summed E-state index contributed by atoms with van der Waals surface area (Å²) in [7, 11) is -1.22. The summed E-state index contributed by atoms with van der Waals surface area (Å²) in [5.74, 6) is 1.14. The van der Waals surface area contributed by atoms with E-state index in [1.807, 2.05) is 19.9 Å². The molecule has 0 fully saturated rings. The number of sulfonamides is 1. The minimum atomic E-state index is -4.21. The van der Waals surface area contributed by atoms with Crippen molar-refractivity contribution in [3.63, 3.8) is 0 Å². The molecule has 0 unspecified atom stereocenters. The van der Waals surface area contributed by atoms with Crippen LogP contribution in [0.4, 0.5) is 5.95 Å². The minimum absolute atomic E-state index is 0.110. The summed E-state index contributed by atoms with van der Waals surface area (Å²) < 4.78 is 48.5. The van der Waals surface area contributed by atoms with Crippen molar-refractivity contribution in [2.24, 2.45) is 0 Å². The zero-order valence-corrected chi connectivity index (χ0v) is 23.6. The zero-order valence-electron chi connectivity index (χ0n) is 22.8. The average molecular weight is 570 g/mol. The minimum Gasteiger partial charge on any atom is -0.494 e. The number of aryl methyl sites for hydroxylation is 2. The van der Waals surface area contributed by atoms with Crippen LogP contribution < -0.4 is 14.2 Å². The first kappa shape index (κ1) is 28.9. The van der Waals surface area contributed by atoms with Crippen LogP contribution in [-0.2, 0) is 14.8 Å². The molecule has 0 saturated carbocycles. The second kappa shape index (κ2) is 12.4. The van der Waals surface area contributed by atoms with Gasteiger partial charge in [-0.25, -0.2) is 18.4 Å². The number of aromatic nitrogens is 6. The second-order valence-corrected chi connectivity index (χ2v) is 11.0. The van der Waals surface area contributed by atoms with Gasteiger partial charge in [-0.3, -0.25) is 14.3 Å². The van der Waals surface area contributed by atoms with E-state index in [1.165, 1.54) is 25.7 Å². The lowest BCUT2D eigenvalue weighted by molar-refractivity contribution is 0.0227. The molecule has 212 valence electrons. The predicted octanol–water partition coefficient (Wildman–Crippen LogP) is 2.63. The largest absolute Gasteiger partial charge is 0.494 e. The van der Waals surface area contributed by atoms with Gasteiger partial charge in [-0.2, -0.15) is 0 Å². The van der Waals surface area contributed by atoms with Gasteiger partial charge in [-0.05, 0) is 50.1 Å². The van der Waals surface area contributed by atoms with Crippen molar-refractivity contribution < 1.29 is 27.7 Å². The second-order valence-electron chi connectivity index (χ2n) is 8.93. The number of benzene rings is 1. The maximum Gasteiger partial charge on any atom is 0.243 e. The molecule has 4 rings (SSSR count). The van der Waals surface area contributed by atoms with Crippen LogP contribution in [-0.4, -0.2) is 75.9 Å². The van der Waals surface area contributed by atoms with Gasteiger partial charge in [-0.1, -0.05) is 6.07 Å². The molecule has 4 aromatic rings. The van der Waals surface area contributed by atoms with Crippen molar-refractivity contribution in [3.8, 4) is 28.6 Å². The summed E-state index contributed by atoms with van der Waals surface area (Å²) in [6.07, 6.45) is 5.35. The van der Waals surface area contributed by atoms with Gasteiger partial charge in [0.15, 0.2) is 11.6 Å². The quantitative estimate of drug-likeness (QED) is 0.258. The lowest BCUT2D eigenvalue weighted by Crippen LogP contribution is -2.34. The molecule has 14 heteroatoms. The number of nitrogens with one attached hydrogen (secondary N) is 1. The van der Waals surface area contributed by atoms with Crippen LogP contribution in [0.25, 0.3) is 17.1 Å². The predicted molar refractivity (Wildman–Crippen MR) is 147 cm³/mol. The van der Waals surface area contributed by atoms with E-state index in [9.17, 15) is 13.5 Å². The molecule has 0 aliphatic rings. The number of nitrogens with zero attached hydrogens (tertiary/aromatic N) is 6. The monoisotopic (exact) mass is 569 g/mol. The highest BCUT2D eigenvalue weighted by Crippen LogP contribution is 2.38. The van der Waals surface area contributed by atoms with Crippen molar-refractivity contribution in [3.05, 3.63) is 66.0 Å². The molecule has 0 aliphatic heterocycles. The molecule has 2 N–H and O–H groups in total. The Morgan fingerprint density at radius 3 is 2.27 bits per heavy atom. The Labute approximate surface area is 232 Å². The summed E-state index contributed by atoms with van der Waals surface area (Å²) in [5, 5.41) is 16.6. The van der Waals surface area contributed by atoms with E-state index < -0.39 is 21.4 Å². The molecule has 0 aliphatic carbocycles. The number of anilines is 1. The van der Waals surface area contributed by atoms with E-state index in [0.29, 0.717) is 28.6 Å². The van der Waals surface area contributed by atoms with Crippen LogP contribution in [0.1, 0.15) is 30.0 Å². The van der Waals surface area contributed by atoms with Gasteiger partial charge in [0.1, 0.15) is 28.5 Å². The lowest BCUT2D eigenvalue weighted by atomic mass is 10.2. The molecule has 0 bridgehead atoms. The number of hydrogen-bond acceptors (Lipinski definition) is 11.